The number of piperazine rings is 1. The zero-order chi connectivity index (χ0) is 21.3. The molecule has 2 aromatic heterocycles. The van der Waals surface area contributed by atoms with Gasteiger partial charge >= 0.3 is 0 Å². The van der Waals surface area contributed by atoms with Crippen LogP contribution in [-0.2, 0) is 16.4 Å². The fraction of sp³-hybridized carbons (Fsp3) is 0.333. The van der Waals surface area contributed by atoms with Crippen LogP contribution in [0.4, 0.5) is 0 Å². The van der Waals surface area contributed by atoms with E-state index in [1.807, 2.05) is 44.2 Å². The van der Waals surface area contributed by atoms with E-state index in [1.165, 1.54) is 27.0 Å². The predicted octanol–water partition coefficient (Wildman–Crippen LogP) is 3.56. The monoisotopic (exact) mass is 461 g/mol. The van der Waals surface area contributed by atoms with Crippen molar-refractivity contribution in [2.24, 2.45) is 0 Å². The van der Waals surface area contributed by atoms with E-state index in [9.17, 15) is 13.2 Å². The quantitative estimate of drug-likeness (QED) is 0.583. The molecule has 3 aromatic rings. The number of benzene rings is 1. The molecule has 0 atom stereocenters. The van der Waals surface area contributed by atoms with Crippen molar-refractivity contribution in [3.05, 3.63) is 67.8 Å². The largest absolute Gasteiger partial charge is 0.335 e. The zero-order valence-electron chi connectivity index (χ0n) is 16.9. The molecule has 1 aromatic carbocycles. The molecule has 0 aliphatic carbocycles. The SMILES string of the molecule is Cc1cc(S(=O)(=O)N2CCN(C(=O)c3csc(Cc4ccccc4)n3)CC2)c(C)s1. The molecule has 0 spiro atoms. The van der Waals surface area contributed by atoms with Gasteiger partial charge in [0.2, 0.25) is 10.0 Å². The molecule has 9 heteroatoms. The Morgan fingerprint density at radius 1 is 1.10 bits per heavy atom. The molecule has 158 valence electrons. The summed E-state index contributed by atoms with van der Waals surface area (Å²) < 4.78 is 27.4. The van der Waals surface area contributed by atoms with Gasteiger partial charge in [0.1, 0.15) is 5.69 Å². The Hall–Kier alpha value is -2.07. The maximum Gasteiger partial charge on any atom is 0.273 e. The van der Waals surface area contributed by atoms with Crippen molar-refractivity contribution >= 4 is 38.6 Å². The number of carbonyl (C=O) groups is 1. The Bertz CT molecular complexity index is 1140. The van der Waals surface area contributed by atoms with Crippen LogP contribution in [0.15, 0.2) is 46.7 Å². The van der Waals surface area contributed by atoms with Crippen LogP contribution in [-0.4, -0.2) is 54.7 Å². The van der Waals surface area contributed by atoms with Crippen LogP contribution in [0.5, 0.6) is 0 Å². The molecule has 0 bridgehead atoms. The van der Waals surface area contributed by atoms with Crippen LogP contribution < -0.4 is 0 Å². The lowest BCUT2D eigenvalue weighted by molar-refractivity contribution is 0.0692. The van der Waals surface area contributed by atoms with Crippen LogP contribution in [0.2, 0.25) is 0 Å². The summed E-state index contributed by atoms with van der Waals surface area (Å²) in [6, 6.07) is 11.8. The molecule has 1 fully saturated rings. The maximum atomic E-state index is 13.0. The highest BCUT2D eigenvalue weighted by molar-refractivity contribution is 7.89. The number of thiophene rings is 1. The number of aryl methyl sites for hydroxylation is 2. The predicted molar refractivity (Wildman–Crippen MR) is 120 cm³/mol. The van der Waals surface area contributed by atoms with Crippen molar-refractivity contribution in [2.45, 2.75) is 25.2 Å². The lowest BCUT2D eigenvalue weighted by atomic mass is 10.2. The molecule has 6 nitrogen and oxygen atoms in total. The van der Waals surface area contributed by atoms with Gasteiger partial charge in [-0.15, -0.1) is 22.7 Å². The van der Waals surface area contributed by atoms with Crippen molar-refractivity contribution in [3.8, 4) is 0 Å². The third kappa shape index (κ3) is 4.34. The van der Waals surface area contributed by atoms with E-state index in [-0.39, 0.29) is 5.91 Å². The fourth-order valence-corrected chi connectivity index (χ4v) is 7.31. The van der Waals surface area contributed by atoms with Crippen LogP contribution in [0, 0.1) is 13.8 Å². The number of hydrogen-bond acceptors (Lipinski definition) is 6. The maximum absolute atomic E-state index is 13.0. The average molecular weight is 462 g/mol. The second-order valence-corrected chi connectivity index (χ2v) is 11.6. The highest BCUT2D eigenvalue weighted by Gasteiger charge is 2.32. The van der Waals surface area contributed by atoms with Gasteiger partial charge in [0.15, 0.2) is 0 Å². The summed E-state index contributed by atoms with van der Waals surface area (Å²) in [5, 5.41) is 2.69. The van der Waals surface area contributed by atoms with Gasteiger partial charge in [0.05, 0.1) is 9.90 Å². The van der Waals surface area contributed by atoms with Gasteiger partial charge in [-0.1, -0.05) is 30.3 Å². The Balaban J connectivity index is 1.39. The van der Waals surface area contributed by atoms with E-state index in [0.717, 1.165) is 20.3 Å². The molecule has 30 heavy (non-hydrogen) atoms. The van der Waals surface area contributed by atoms with Crippen LogP contribution >= 0.6 is 22.7 Å². The first-order chi connectivity index (χ1) is 14.3. The molecule has 1 amide bonds. The molecule has 1 saturated heterocycles. The standard InChI is InChI=1S/C21H23N3O3S3/c1-15-12-19(16(2)29-15)30(26,27)24-10-8-23(9-11-24)21(25)18-14-28-20(22-18)13-17-6-4-3-5-7-17/h3-7,12,14H,8-11,13H2,1-2H3. The van der Waals surface area contributed by atoms with Crippen molar-refractivity contribution in [3.63, 3.8) is 0 Å². The van der Waals surface area contributed by atoms with E-state index in [1.54, 1.807) is 16.3 Å². The normalized spacial score (nSPS) is 15.5. The summed E-state index contributed by atoms with van der Waals surface area (Å²) in [4.78, 5) is 21.2. The number of amides is 1. The molecule has 4 rings (SSSR count). The summed E-state index contributed by atoms with van der Waals surface area (Å²) in [7, 11) is -3.52. The zero-order valence-corrected chi connectivity index (χ0v) is 19.3. The summed E-state index contributed by atoms with van der Waals surface area (Å²) in [5.74, 6) is -0.134. The minimum Gasteiger partial charge on any atom is -0.335 e. The van der Waals surface area contributed by atoms with Crippen molar-refractivity contribution in [1.29, 1.82) is 0 Å². The molecule has 3 heterocycles. The highest BCUT2D eigenvalue weighted by atomic mass is 32.2. The number of rotatable bonds is 5. The number of thiazole rings is 1. The fourth-order valence-electron chi connectivity index (χ4n) is 3.56. The van der Waals surface area contributed by atoms with Crippen LogP contribution in [0.25, 0.3) is 0 Å². The Kier molecular flexibility index (Phi) is 6.06. The Morgan fingerprint density at radius 2 is 1.80 bits per heavy atom. The van der Waals surface area contributed by atoms with E-state index in [0.29, 0.717) is 43.2 Å². The molecule has 1 aliphatic heterocycles. The molecule has 0 N–H and O–H groups in total. The van der Waals surface area contributed by atoms with Crippen molar-refractivity contribution in [1.82, 2.24) is 14.2 Å². The van der Waals surface area contributed by atoms with Gasteiger partial charge in [-0.05, 0) is 25.5 Å². The molecule has 0 saturated carbocycles. The number of aromatic nitrogens is 1. The van der Waals surface area contributed by atoms with Gasteiger partial charge < -0.3 is 4.90 Å². The van der Waals surface area contributed by atoms with Crippen LogP contribution in [0.1, 0.15) is 30.8 Å². The topological polar surface area (TPSA) is 70.6 Å². The number of sulfonamides is 1. The average Bonchev–Trinajstić information content (AvgIpc) is 3.34. The number of hydrogen-bond donors (Lipinski definition) is 0. The lowest BCUT2D eigenvalue weighted by Crippen LogP contribution is -2.50. The van der Waals surface area contributed by atoms with Crippen molar-refractivity contribution < 1.29 is 13.2 Å². The Labute approximate surface area is 184 Å². The highest BCUT2D eigenvalue weighted by Crippen LogP contribution is 2.28. The Morgan fingerprint density at radius 3 is 2.43 bits per heavy atom. The third-order valence-corrected chi connectivity index (χ3v) is 9.08. The molecule has 0 unspecified atom stereocenters. The number of carbonyl (C=O) groups excluding carboxylic acids is 1. The van der Waals surface area contributed by atoms with E-state index >= 15 is 0 Å². The van der Waals surface area contributed by atoms with Gasteiger partial charge in [0.25, 0.3) is 5.91 Å². The molecular weight excluding hydrogens is 438 g/mol. The van der Waals surface area contributed by atoms with Gasteiger partial charge in [-0.25, -0.2) is 13.4 Å². The first kappa shape index (κ1) is 21.2. The first-order valence-corrected chi connectivity index (χ1v) is 12.8. The van der Waals surface area contributed by atoms with Gasteiger partial charge in [-0.2, -0.15) is 4.31 Å². The third-order valence-electron chi connectivity index (χ3n) is 5.11. The lowest BCUT2D eigenvalue weighted by Gasteiger charge is -2.33. The summed E-state index contributed by atoms with van der Waals surface area (Å²) in [5.41, 5.74) is 1.59. The van der Waals surface area contributed by atoms with Gasteiger partial charge in [0, 0.05) is 47.7 Å². The molecular formula is C21H23N3O3S3. The smallest absolute Gasteiger partial charge is 0.273 e. The second-order valence-electron chi connectivity index (χ2n) is 7.26. The van der Waals surface area contributed by atoms with Crippen LogP contribution in [0.3, 0.4) is 0 Å². The summed E-state index contributed by atoms with van der Waals surface area (Å²) in [6.07, 6.45) is 0.699. The number of nitrogens with zero attached hydrogens (tertiary/aromatic N) is 3. The van der Waals surface area contributed by atoms with E-state index < -0.39 is 10.0 Å². The minimum absolute atomic E-state index is 0.134. The van der Waals surface area contributed by atoms with Gasteiger partial charge in [-0.3, -0.25) is 4.79 Å². The summed E-state index contributed by atoms with van der Waals surface area (Å²) >= 11 is 2.97. The summed E-state index contributed by atoms with van der Waals surface area (Å²) in [6.45, 7) is 5.07. The molecule has 0 radical (unpaired) electrons. The molecule has 1 aliphatic rings. The first-order valence-electron chi connectivity index (χ1n) is 9.69. The second kappa shape index (κ2) is 8.58. The minimum atomic E-state index is -3.52. The van der Waals surface area contributed by atoms with E-state index in [4.69, 9.17) is 0 Å². The van der Waals surface area contributed by atoms with Crippen molar-refractivity contribution in [2.75, 3.05) is 26.2 Å². The van der Waals surface area contributed by atoms with E-state index in [2.05, 4.69) is 4.98 Å².